The fourth-order valence-corrected chi connectivity index (χ4v) is 2.38. The number of hydrogen-bond acceptors (Lipinski definition) is 3. The van der Waals surface area contributed by atoms with Gasteiger partial charge in [0.2, 0.25) is 10.0 Å². The Morgan fingerprint density at radius 3 is 2.75 bits per heavy atom. The fraction of sp³-hybridized carbons (Fsp3) is 0.333. The molecule has 0 saturated carbocycles. The number of rotatable bonds is 4. The van der Waals surface area contributed by atoms with E-state index in [1.165, 1.54) is 6.92 Å². The predicted octanol–water partition coefficient (Wildman–Crippen LogP) is 2.22. The molecule has 90 valence electrons. The molecule has 1 aromatic rings. The highest BCUT2D eigenvalue weighted by atomic mass is 79.9. The van der Waals surface area contributed by atoms with Crippen molar-refractivity contribution in [2.24, 2.45) is 0 Å². The van der Waals surface area contributed by atoms with Gasteiger partial charge in [-0.25, -0.2) is 8.42 Å². The van der Waals surface area contributed by atoms with E-state index in [0.717, 1.165) is 0 Å². The second-order valence-electron chi connectivity index (χ2n) is 3.26. The minimum atomic E-state index is -3.61. The van der Waals surface area contributed by atoms with Gasteiger partial charge in [0.05, 0.1) is 17.3 Å². The zero-order chi connectivity index (χ0) is 12.3. The number of hydrogen-bond donors (Lipinski definition) is 2. The smallest absolute Gasteiger partial charge is 0.237 e. The maximum atomic E-state index is 11.6. The van der Waals surface area contributed by atoms with Crippen LogP contribution in [-0.2, 0) is 10.0 Å². The molecule has 2 N–H and O–H groups in total. The third kappa shape index (κ3) is 3.35. The third-order valence-electron chi connectivity index (χ3n) is 1.97. The number of nitrogens with one attached hydrogen (secondary N) is 1. The van der Waals surface area contributed by atoms with Gasteiger partial charge in [0, 0.05) is 4.47 Å². The molecule has 1 rings (SSSR count). The van der Waals surface area contributed by atoms with E-state index in [-0.39, 0.29) is 5.69 Å². The van der Waals surface area contributed by atoms with Crippen molar-refractivity contribution in [1.29, 1.82) is 0 Å². The Hall–Kier alpha value is -0.300. The number of aliphatic hydroxyl groups is 1. The Balaban J connectivity index is 3.01. The molecule has 0 fully saturated rings. The summed E-state index contributed by atoms with van der Waals surface area (Å²) in [5, 5.41) is 8.23. The van der Waals surface area contributed by atoms with Gasteiger partial charge in [-0.05, 0) is 25.1 Å². The zero-order valence-electron chi connectivity index (χ0n) is 8.44. The van der Waals surface area contributed by atoms with Gasteiger partial charge >= 0.3 is 0 Å². The molecule has 0 bridgehead atoms. The van der Waals surface area contributed by atoms with E-state index >= 15 is 0 Å². The monoisotopic (exact) mass is 327 g/mol. The average Bonchev–Trinajstić information content (AvgIpc) is 2.22. The molecule has 0 heterocycles. The van der Waals surface area contributed by atoms with Crippen molar-refractivity contribution in [3.05, 3.63) is 27.7 Å². The van der Waals surface area contributed by atoms with Crippen molar-refractivity contribution in [2.75, 3.05) is 11.3 Å². The van der Waals surface area contributed by atoms with E-state index in [0.29, 0.717) is 9.50 Å². The topological polar surface area (TPSA) is 66.4 Å². The molecule has 16 heavy (non-hydrogen) atoms. The van der Waals surface area contributed by atoms with Crippen molar-refractivity contribution < 1.29 is 13.5 Å². The van der Waals surface area contributed by atoms with Crippen LogP contribution in [0.2, 0.25) is 5.02 Å². The Labute approximate surface area is 108 Å². The van der Waals surface area contributed by atoms with Gasteiger partial charge in [-0.1, -0.05) is 27.5 Å². The molecule has 0 aliphatic heterocycles. The van der Waals surface area contributed by atoms with E-state index < -0.39 is 21.9 Å². The van der Waals surface area contributed by atoms with E-state index in [1.54, 1.807) is 18.2 Å². The largest absolute Gasteiger partial charge is 0.395 e. The fourth-order valence-electron chi connectivity index (χ4n) is 0.928. The van der Waals surface area contributed by atoms with Gasteiger partial charge < -0.3 is 5.11 Å². The normalized spacial score (nSPS) is 13.5. The molecular formula is C9H11BrClNO3S. The Morgan fingerprint density at radius 1 is 1.56 bits per heavy atom. The second kappa shape index (κ2) is 5.35. The maximum absolute atomic E-state index is 11.6. The van der Waals surface area contributed by atoms with Crippen LogP contribution in [0.25, 0.3) is 0 Å². The lowest BCUT2D eigenvalue weighted by atomic mass is 10.3. The quantitative estimate of drug-likeness (QED) is 0.890. The molecule has 0 saturated heterocycles. The molecule has 1 unspecified atom stereocenters. The SMILES string of the molecule is CC(CO)S(=O)(=O)Nc1cc(Br)ccc1Cl. The predicted molar refractivity (Wildman–Crippen MR) is 68.2 cm³/mol. The van der Waals surface area contributed by atoms with Crippen LogP contribution < -0.4 is 4.72 Å². The number of halogens is 2. The summed E-state index contributed by atoms with van der Waals surface area (Å²) >= 11 is 9.05. The van der Waals surface area contributed by atoms with Gasteiger partial charge in [0.1, 0.15) is 5.25 Å². The summed E-state index contributed by atoms with van der Waals surface area (Å²) in [5.41, 5.74) is 0.288. The van der Waals surface area contributed by atoms with Crippen LogP contribution in [-0.4, -0.2) is 25.4 Å². The average molecular weight is 329 g/mol. The summed E-state index contributed by atoms with van der Waals surface area (Å²) in [6.07, 6.45) is 0. The molecule has 0 aliphatic carbocycles. The summed E-state index contributed by atoms with van der Waals surface area (Å²) in [7, 11) is -3.61. The number of anilines is 1. The van der Waals surface area contributed by atoms with Crippen LogP contribution in [0.15, 0.2) is 22.7 Å². The first-order valence-electron chi connectivity index (χ1n) is 4.44. The van der Waals surface area contributed by atoms with Crippen molar-refractivity contribution in [3.8, 4) is 0 Å². The first-order chi connectivity index (χ1) is 7.36. The molecule has 0 aliphatic rings. The molecule has 4 nitrogen and oxygen atoms in total. The molecule has 7 heteroatoms. The second-order valence-corrected chi connectivity index (χ2v) is 6.69. The maximum Gasteiger partial charge on any atom is 0.237 e. The molecule has 0 aromatic heterocycles. The molecule has 0 amide bonds. The summed E-state index contributed by atoms with van der Waals surface area (Å²) < 4.78 is 26.3. The summed E-state index contributed by atoms with van der Waals surface area (Å²) in [6, 6.07) is 4.84. The van der Waals surface area contributed by atoms with Gasteiger partial charge in [-0.15, -0.1) is 0 Å². The van der Waals surface area contributed by atoms with Crippen molar-refractivity contribution in [2.45, 2.75) is 12.2 Å². The zero-order valence-corrected chi connectivity index (χ0v) is 11.6. The summed E-state index contributed by atoms with van der Waals surface area (Å²) in [5.74, 6) is 0. The van der Waals surface area contributed by atoms with Gasteiger partial charge in [-0.2, -0.15) is 0 Å². The van der Waals surface area contributed by atoms with E-state index in [4.69, 9.17) is 16.7 Å². The standard InChI is InChI=1S/C9H11BrClNO3S/c1-6(5-13)16(14,15)12-9-4-7(10)2-3-8(9)11/h2-4,6,12-13H,5H2,1H3. The van der Waals surface area contributed by atoms with E-state index in [1.807, 2.05) is 0 Å². The van der Waals surface area contributed by atoms with Crippen molar-refractivity contribution >= 4 is 43.2 Å². The van der Waals surface area contributed by atoms with Crippen LogP contribution in [0.5, 0.6) is 0 Å². The van der Waals surface area contributed by atoms with Crippen LogP contribution in [0.1, 0.15) is 6.92 Å². The molecule has 1 aromatic carbocycles. The van der Waals surface area contributed by atoms with E-state index in [2.05, 4.69) is 20.7 Å². The highest BCUT2D eigenvalue weighted by Crippen LogP contribution is 2.27. The van der Waals surface area contributed by atoms with Crippen LogP contribution in [0.3, 0.4) is 0 Å². The van der Waals surface area contributed by atoms with E-state index in [9.17, 15) is 8.42 Å². The van der Waals surface area contributed by atoms with Crippen LogP contribution in [0.4, 0.5) is 5.69 Å². The molecule has 0 radical (unpaired) electrons. The Morgan fingerprint density at radius 2 is 2.19 bits per heavy atom. The Bertz CT molecular complexity index is 478. The van der Waals surface area contributed by atoms with Crippen molar-refractivity contribution in [3.63, 3.8) is 0 Å². The highest BCUT2D eigenvalue weighted by Gasteiger charge is 2.20. The minimum Gasteiger partial charge on any atom is -0.395 e. The first kappa shape index (κ1) is 13.8. The molecule has 0 spiro atoms. The summed E-state index contributed by atoms with van der Waals surface area (Å²) in [6.45, 7) is 0.967. The first-order valence-corrected chi connectivity index (χ1v) is 7.16. The van der Waals surface area contributed by atoms with Crippen LogP contribution >= 0.6 is 27.5 Å². The number of sulfonamides is 1. The lowest BCUT2D eigenvalue weighted by molar-refractivity contribution is 0.296. The highest BCUT2D eigenvalue weighted by molar-refractivity contribution is 9.10. The third-order valence-corrected chi connectivity index (χ3v) is 4.50. The Kier molecular flexibility index (Phi) is 4.61. The van der Waals surface area contributed by atoms with Crippen LogP contribution in [0, 0.1) is 0 Å². The number of benzene rings is 1. The minimum absolute atomic E-state index is 0.288. The lowest BCUT2D eigenvalue weighted by Gasteiger charge is -2.13. The van der Waals surface area contributed by atoms with Gasteiger partial charge in [0.15, 0.2) is 0 Å². The van der Waals surface area contributed by atoms with Crippen molar-refractivity contribution in [1.82, 2.24) is 0 Å². The summed E-state index contributed by atoms with van der Waals surface area (Å²) in [4.78, 5) is 0. The van der Waals surface area contributed by atoms with Gasteiger partial charge in [-0.3, -0.25) is 4.72 Å². The lowest BCUT2D eigenvalue weighted by Crippen LogP contribution is -2.28. The molecule has 1 atom stereocenters. The number of aliphatic hydroxyl groups excluding tert-OH is 1. The molecular weight excluding hydrogens is 318 g/mol. The van der Waals surface area contributed by atoms with Gasteiger partial charge in [0.25, 0.3) is 0 Å².